The lowest BCUT2D eigenvalue weighted by Gasteiger charge is -2.15. The van der Waals surface area contributed by atoms with Crippen LogP contribution in [0.25, 0.3) is 0 Å². The summed E-state index contributed by atoms with van der Waals surface area (Å²) in [5, 5.41) is 3.48. The molecule has 2 heterocycles. The molecule has 0 atom stereocenters. The van der Waals surface area contributed by atoms with Crippen LogP contribution in [-0.4, -0.2) is 34.8 Å². The molecule has 2 amide bonds. The fourth-order valence-electron chi connectivity index (χ4n) is 2.56. The lowest BCUT2D eigenvalue weighted by Crippen LogP contribution is -2.28. The van der Waals surface area contributed by atoms with Gasteiger partial charge in [0.1, 0.15) is 0 Å². The predicted molar refractivity (Wildman–Crippen MR) is 93.8 cm³/mol. The van der Waals surface area contributed by atoms with Gasteiger partial charge in [0, 0.05) is 31.2 Å². The van der Waals surface area contributed by atoms with Crippen molar-refractivity contribution in [1.82, 2.24) is 9.88 Å². The van der Waals surface area contributed by atoms with Crippen LogP contribution in [0.4, 0.5) is 5.69 Å². The highest BCUT2D eigenvalue weighted by molar-refractivity contribution is 6.42. The highest BCUT2D eigenvalue weighted by atomic mass is 35.5. The number of likely N-dealkylation sites (tertiary alicyclic amines) is 1. The molecule has 24 heavy (non-hydrogen) atoms. The number of halogens is 2. The smallest absolute Gasteiger partial charge is 0.257 e. The Bertz CT molecular complexity index is 789. The van der Waals surface area contributed by atoms with Crippen molar-refractivity contribution in [2.75, 3.05) is 18.4 Å². The number of benzene rings is 1. The zero-order valence-electron chi connectivity index (χ0n) is 12.8. The lowest BCUT2D eigenvalue weighted by molar-refractivity contribution is 0.0792. The number of amides is 2. The molecule has 1 aromatic heterocycles. The molecule has 1 saturated heterocycles. The van der Waals surface area contributed by atoms with Crippen LogP contribution in [0.15, 0.2) is 36.7 Å². The number of nitrogens with one attached hydrogen (secondary N) is 1. The first-order valence-corrected chi connectivity index (χ1v) is 8.31. The second-order valence-corrected chi connectivity index (χ2v) is 6.36. The van der Waals surface area contributed by atoms with Gasteiger partial charge in [0.15, 0.2) is 0 Å². The van der Waals surface area contributed by atoms with Crippen molar-refractivity contribution < 1.29 is 9.59 Å². The Morgan fingerprint density at radius 1 is 1.00 bits per heavy atom. The summed E-state index contributed by atoms with van der Waals surface area (Å²) in [5.41, 5.74) is 1.25. The monoisotopic (exact) mass is 363 g/mol. The Balaban J connectivity index is 1.76. The summed E-state index contributed by atoms with van der Waals surface area (Å²) >= 11 is 11.8. The van der Waals surface area contributed by atoms with Crippen LogP contribution in [0.3, 0.4) is 0 Å². The number of carbonyl (C=O) groups is 2. The lowest BCUT2D eigenvalue weighted by atomic mass is 10.1. The third-order valence-electron chi connectivity index (χ3n) is 3.82. The maximum atomic E-state index is 12.4. The highest BCUT2D eigenvalue weighted by Gasteiger charge is 2.20. The molecular formula is C17H15Cl2N3O2. The fourth-order valence-corrected chi connectivity index (χ4v) is 2.86. The summed E-state index contributed by atoms with van der Waals surface area (Å²) in [4.78, 5) is 30.5. The van der Waals surface area contributed by atoms with E-state index < -0.39 is 0 Å². The van der Waals surface area contributed by atoms with Gasteiger partial charge in [-0.15, -0.1) is 0 Å². The summed E-state index contributed by atoms with van der Waals surface area (Å²) in [6, 6.07) is 6.37. The number of anilines is 1. The van der Waals surface area contributed by atoms with Gasteiger partial charge < -0.3 is 10.2 Å². The highest BCUT2D eigenvalue weighted by Crippen LogP contribution is 2.25. The fraction of sp³-hybridized carbons (Fsp3) is 0.235. The summed E-state index contributed by atoms with van der Waals surface area (Å²) in [6.07, 6.45) is 4.93. The Hall–Kier alpha value is -2.11. The molecule has 1 aliphatic heterocycles. The Morgan fingerprint density at radius 3 is 2.42 bits per heavy atom. The number of hydrogen-bond donors (Lipinski definition) is 1. The maximum Gasteiger partial charge on any atom is 0.257 e. The van der Waals surface area contributed by atoms with E-state index in [-0.39, 0.29) is 11.8 Å². The van der Waals surface area contributed by atoms with E-state index in [1.807, 2.05) is 0 Å². The minimum Gasteiger partial charge on any atom is -0.339 e. The summed E-state index contributed by atoms with van der Waals surface area (Å²) < 4.78 is 0. The minimum absolute atomic E-state index is 0.0933. The van der Waals surface area contributed by atoms with Crippen molar-refractivity contribution in [2.24, 2.45) is 0 Å². The first kappa shape index (κ1) is 16.7. The van der Waals surface area contributed by atoms with E-state index in [1.54, 1.807) is 29.2 Å². The van der Waals surface area contributed by atoms with Gasteiger partial charge in [-0.25, -0.2) is 0 Å². The molecule has 1 aromatic carbocycles. The maximum absolute atomic E-state index is 12.4. The zero-order valence-corrected chi connectivity index (χ0v) is 14.3. The summed E-state index contributed by atoms with van der Waals surface area (Å²) in [5.74, 6) is -0.457. The van der Waals surface area contributed by atoms with Crippen molar-refractivity contribution in [2.45, 2.75) is 12.8 Å². The molecule has 1 fully saturated rings. The average Bonchev–Trinajstić information content (AvgIpc) is 3.12. The number of rotatable bonds is 3. The predicted octanol–water partition coefficient (Wildman–Crippen LogP) is 3.88. The van der Waals surface area contributed by atoms with Crippen LogP contribution in [0, 0.1) is 0 Å². The Morgan fingerprint density at radius 2 is 1.71 bits per heavy atom. The number of hydrogen-bond acceptors (Lipinski definition) is 3. The van der Waals surface area contributed by atoms with E-state index in [0.717, 1.165) is 25.9 Å². The van der Waals surface area contributed by atoms with Crippen LogP contribution in [0.5, 0.6) is 0 Å². The molecule has 0 bridgehead atoms. The standard InChI is InChI=1S/C17H15Cl2N3O2/c18-14-4-3-13(8-15(14)19)21-16(23)11-7-12(10-20-9-11)17(24)22-5-1-2-6-22/h3-4,7-10H,1-2,5-6H2,(H,21,23). The molecule has 0 saturated carbocycles. The van der Waals surface area contributed by atoms with Crippen molar-refractivity contribution in [3.8, 4) is 0 Å². The third kappa shape index (κ3) is 3.68. The Kier molecular flexibility index (Phi) is 5.02. The van der Waals surface area contributed by atoms with Crippen molar-refractivity contribution in [1.29, 1.82) is 0 Å². The second kappa shape index (κ2) is 7.20. The SMILES string of the molecule is O=C(Nc1ccc(Cl)c(Cl)c1)c1cncc(C(=O)N2CCCC2)c1. The van der Waals surface area contributed by atoms with Crippen molar-refractivity contribution in [3.63, 3.8) is 0 Å². The summed E-state index contributed by atoms with van der Waals surface area (Å²) in [7, 11) is 0. The first-order valence-electron chi connectivity index (χ1n) is 7.55. The number of carbonyl (C=O) groups excluding carboxylic acids is 2. The van der Waals surface area contributed by atoms with Crippen LogP contribution in [0.2, 0.25) is 10.0 Å². The minimum atomic E-state index is -0.364. The van der Waals surface area contributed by atoms with Gasteiger partial charge in [-0.3, -0.25) is 14.6 Å². The van der Waals surface area contributed by atoms with Gasteiger partial charge >= 0.3 is 0 Å². The molecule has 0 aliphatic carbocycles. The van der Waals surface area contributed by atoms with Gasteiger partial charge in [-0.1, -0.05) is 23.2 Å². The molecule has 124 valence electrons. The van der Waals surface area contributed by atoms with E-state index in [2.05, 4.69) is 10.3 Å². The molecule has 2 aromatic rings. The van der Waals surface area contributed by atoms with Gasteiger partial charge in [0.05, 0.1) is 21.2 Å². The molecule has 3 rings (SSSR count). The molecule has 5 nitrogen and oxygen atoms in total. The number of aromatic nitrogens is 1. The zero-order chi connectivity index (χ0) is 17.1. The largest absolute Gasteiger partial charge is 0.339 e. The van der Waals surface area contributed by atoms with E-state index in [9.17, 15) is 9.59 Å². The van der Waals surface area contributed by atoms with Crippen LogP contribution >= 0.6 is 23.2 Å². The van der Waals surface area contributed by atoms with Crippen molar-refractivity contribution >= 4 is 40.7 Å². The molecule has 7 heteroatoms. The van der Waals surface area contributed by atoms with E-state index in [1.165, 1.54) is 12.4 Å². The van der Waals surface area contributed by atoms with E-state index in [0.29, 0.717) is 26.9 Å². The summed E-state index contributed by atoms with van der Waals surface area (Å²) in [6.45, 7) is 1.50. The van der Waals surface area contributed by atoms with Gasteiger partial charge in [-0.2, -0.15) is 0 Å². The van der Waals surface area contributed by atoms with Crippen molar-refractivity contribution in [3.05, 3.63) is 57.8 Å². The van der Waals surface area contributed by atoms with Gasteiger partial charge in [0.25, 0.3) is 11.8 Å². The van der Waals surface area contributed by atoms with Crippen LogP contribution < -0.4 is 5.32 Å². The molecular weight excluding hydrogens is 349 g/mol. The number of nitrogens with zero attached hydrogens (tertiary/aromatic N) is 2. The number of pyridine rings is 1. The van der Waals surface area contributed by atoms with E-state index >= 15 is 0 Å². The van der Waals surface area contributed by atoms with Crippen LogP contribution in [-0.2, 0) is 0 Å². The second-order valence-electron chi connectivity index (χ2n) is 5.54. The van der Waals surface area contributed by atoms with Gasteiger partial charge in [0.2, 0.25) is 0 Å². The molecule has 0 spiro atoms. The third-order valence-corrected chi connectivity index (χ3v) is 4.56. The molecule has 1 N–H and O–H groups in total. The van der Waals surface area contributed by atoms with Gasteiger partial charge in [-0.05, 0) is 37.1 Å². The Labute approximate surface area is 149 Å². The molecule has 1 aliphatic rings. The first-order chi connectivity index (χ1) is 11.5. The molecule has 0 unspecified atom stereocenters. The van der Waals surface area contributed by atoms with E-state index in [4.69, 9.17) is 23.2 Å². The quantitative estimate of drug-likeness (QED) is 0.899. The average molecular weight is 364 g/mol. The van der Waals surface area contributed by atoms with Crippen LogP contribution in [0.1, 0.15) is 33.6 Å². The molecule has 0 radical (unpaired) electrons. The normalized spacial score (nSPS) is 13.8. The topological polar surface area (TPSA) is 62.3 Å².